The van der Waals surface area contributed by atoms with Crippen molar-refractivity contribution in [3.05, 3.63) is 65.0 Å². The highest BCUT2D eigenvalue weighted by Gasteiger charge is 2.16. The quantitative estimate of drug-likeness (QED) is 0.876. The first-order chi connectivity index (χ1) is 9.99. The number of carbonyl (C=O) groups excluding carboxylic acids is 1. The van der Waals surface area contributed by atoms with Gasteiger partial charge in [-0.05, 0) is 37.6 Å². The maximum absolute atomic E-state index is 13.4. The maximum atomic E-state index is 13.4. The van der Waals surface area contributed by atoms with Crippen LogP contribution in [0.4, 0.5) is 10.1 Å². The summed E-state index contributed by atoms with van der Waals surface area (Å²) in [5, 5.41) is 0. The highest BCUT2D eigenvalue weighted by molar-refractivity contribution is 5.95. The summed E-state index contributed by atoms with van der Waals surface area (Å²) >= 11 is 0. The summed E-state index contributed by atoms with van der Waals surface area (Å²) in [4.78, 5) is 14.1. The van der Waals surface area contributed by atoms with Crippen LogP contribution in [-0.4, -0.2) is 17.4 Å². The summed E-state index contributed by atoms with van der Waals surface area (Å²) in [5.41, 5.74) is 8.33. The van der Waals surface area contributed by atoms with Gasteiger partial charge >= 0.3 is 0 Å². The zero-order valence-corrected chi connectivity index (χ0v) is 12.3. The van der Waals surface area contributed by atoms with E-state index in [0.29, 0.717) is 13.1 Å². The van der Waals surface area contributed by atoms with Crippen LogP contribution in [0, 0.1) is 12.7 Å². The fourth-order valence-corrected chi connectivity index (χ4v) is 2.28. The van der Waals surface area contributed by atoms with Gasteiger partial charge in [-0.25, -0.2) is 4.39 Å². The largest absolute Gasteiger partial charge is 0.399 e. The minimum Gasteiger partial charge on any atom is -0.399 e. The minimum absolute atomic E-state index is 0.217. The Balaban J connectivity index is 2.22. The van der Waals surface area contributed by atoms with Crippen LogP contribution in [0.1, 0.15) is 28.4 Å². The molecular weight excluding hydrogens is 267 g/mol. The molecule has 0 unspecified atom stereocenters. The number of halogens is 1. The Morgan fingerprint density at radius 3 is 2.62 bits per heavy atom. The van der Waals surface area contributed by atoms with Crippen molar-refractivity contribution in [1.29, 1.82) is 0 Å². The van der Waals surface area contributed by atoms with Gasteiger partial charge in [-0.1, -0.05) is 29.8 Å². The van der Waals surface area contributed by atoms with Crippen molar-refractivity contribution in [2.24, 2.45) is 0 Å². The third kappa shape index (κ3) is 3.81. The van der Waals surface area contributed by atoms with E-state index in [9.17, 15) is 9.18 Å². The monoisotopic (exact) mass is 286 g/mol. The molecule has 4 heteroatoms. The molecule has 2 rings (SSSR count). The standard InChI is InChI=1S/C17H19FN2O/c1-3-20(11-13-6-4-5-12(2)7-13)17(21)14-8-15(18)10-16(19)9-14/h4-10H,3,11,19H2,1-2H3. The van der Waals surface area contributed by atoms with E-state index in [2.05, 4.69) is 0 Å². The summed E-state index contributed by atoms with van der Waals surface area (Å²) in [6.45, 7) is 4.95. The van der Waals surface area contributed by atoms with Gasteiger partial charge in [0.05, 0.1) is 0 Å². The summed E-state index contributed by atoms with van der Waals surface area (Å²) in [6.07, 6.45) is 0. The van der Waals surface area contributed by atoms with Gasteiger partial charge < -0.3 is 10.6 Å². The predicted octanol–water partition coefficient (Wildman–Crippen LogP) is 3.38. The zero-order chi connectivity index (χ0) is 15.4. The van der Waals surface area contributed by atoms with E-state index < -0.39 is 5.82 Å². The molecule has 0 fully saturated rings. The highest BCUT2D eigenvalue weighted by atomic mass is 19.1. The molecule has 21 heavy (non-hydrogen) atoms. The lowest BCUT2D eigenvalue weighted by atomic mass is 10.1. The van der Waals surface area contributed by atoms with Crippen molar-refractivity contribution in [3.63, 3.8) is 0 Å². The van der Waals surface area contributed by atoms with Crippen molar-refractivity contribution >= 4 is 11.6 Å². The molecule has 110 valence electrons. The smallest absolute Gasteiger partial charge is 0.254 e. The van der Waals surface area contributed by atoms with Crippen LogP contribution in [0.3, 0.4) is 0 Å². The van der Waals surface area contributed by atoms with Gasteiger partial charge in [0.1, 0.15) is 5.82 Å². The lowest BCUT2D eigenvalue weighted by Crippen LogP contribution is -2.30. The number of rotatable bonds is 4. The number of nitrogens with two attached hydrogens (primary N) is 1. The Labute approximate surface area is 124 Å². The molecule has 0 radical (unpaired) electrons. The molecule has 0 bridgehead atoms. The lowest BCUT2D eigenvalue weighted by molar-refractivity contribution is 0.0752. The predicted molar refractivity (Wildman–Crippen MR) is 82.4 cm³/mol. The van der Waals surface area contributed by atoms with Crippen LogP contribution in [0.15, 0.2) is 42.5 Å². The first kappa shape index (κ1) is 15.0. The van der Waals surface area contributed by atoms with Gasteiger partial charge in [-0.2, -0.15) is 0 Å². The van der Waals surface area contributed by atoms with E-state index in [1.165, 1.54) is 18.2 Å². The SMILES string of the molecule is CCN(Cc1cccc(C)c1)C(=O)c1cc(N)cc(F)c1. The maximum Gasteiger partial charge on any atom is 0.254 e. The van der Waals surface area contributed by atoms with Crippen molar-refractivity contribution in [2.45, 2.75) is 20.4 Å². The van der Waals surface area contributed by atoms with Gasteiger partial charge in [-0.3, -0.25) is 4.79 Å². The molecule has 0 spiro atoms. The fourth-order valence-electron chi connectivity index (χ4n) is 2.28. The molecule has 2 aromatic rings. The second kappa shape index (κ2) is 6.39. The first-order valence-electron chi connectivity index (χ1n) is 6.90. The van der Waals surface area contributed by atoms with Crippen molar-refractivity contribution in [1.82, 2.24) is 4.90 Å². The van der Waals surface area contributed by atoms with Crippen molar-refractivity contribution < 1.29 is 9.18 Å². The van der Waals surface area contributed by atoms with Gasteiger partial charge in [0.2, 0.25) is 0 Å². The van der Waals surface area contributed by atoms with Crippen LogP contribution < -0.4 is 5.73 Å². The third-order valence-corrected chi connectivity index (χ3v) is 3.29. The molecule has 0 aliphatic rings. The zero-order valence-electron chi connectivity index (χ0n) is 12.3. The Bertz CT molecular complexity index is 635. The molecule has 0 saturated carbocycles. The number of hydrogen-bond donors (Lipinski definition) is 1. The van der Waals surface area contributed by atoms with Crippen LogP contribution in [0.25, 0.3) is 0 Å². The molecule has 0 aliphatic carbocycles. The second-order valence-electron chi connectivity index (χ2n) is 5.08. The number of nitrogen functional groups attached to an aromatic ring is 1. The molecule has 3 nitrogen and oxygen atoms in total. The first-order valence-corrected chi connectivity index (χ1v) is 6.90. The Hall–Kier alpha value is -2.36. The van der Waals surface area contributed by atoms with Crippen LogP contribution in [0.2, 0.25) is 0 Å². The number of hydrogen-bond acceptors (Lipinski definition) is 2. The Kier molecular flexibility index (Phi) is 4.58. The van der Waals surface area contributed by atoms with Crippen LogP contribution in [-0.2, 0) is 6.54 Å². The number of nitrogens with zero attached hydrogens (tertiary/aromatic N) is 1. The van der Waals surface area contributed by atoms with E-state index in [-0.39, 0.29) is 17.2 Å². The van der Waals surface area contributed by atoms with Crippen molar-refractivity contribution in [3.8, 4) is 0 Å². The molecule has 0 aliphatic heterocycles. The molecular formula is C17H19FN2O. The molecule has 2 N–H and O–H groups in total. The van der Waals surface area contributed by atoms with Gasteiger partial charge in [-0.15, -0.1) is 0 Å². The molecule has 0 heterocycles. The summed E-state index contributed by atoms with van der Waals surface area (Å²) in [5.74, 6) is -0.713. The lowest BCUT2D eigenvalue weighted by Gasteiger charge is -2.21. The molecule has 0 aromatic heterocycles. The topological polar surface area (TPSA) is 46.3 Å². The van der Waals surface area contributed by atoms with E-state index in [1.807, 2.05) is 38.1 Å². The second-order valence-corrected chi connectivity index (χ2v) is 5.08. The fraction of sp³-hybridized carbons (Fsp3) is 0.235. The van der Waals surface area contributed by atoms with Crippen LogP contribution in [0.5, 0.6) is 0 Å². The van der Waals surface area contributed by atoms with E-state index in [4.69, 9.17) is 5.73 Å². The van der Waals surface area contributed by atoms with Crippen LogP contribution >= 0.6 is 0 Å². The molecule has 0 saturated heterocycles. The van der Waals surface area contributed by atoms with E-state index in [0.717, 1.165) is 11.1 Å². The number of aryl methyl sites for hydroxylation is 1. The summed E-state index contributed by atoms with van der Waals surface area (Å²) in [6, 6.07) is 11.9. The highest BCUT2D eigenvalue weighted by Crippen LogP contribution is 2.15. The minimum atomic E-state index is -0.495. The molecule has 1 amide bonds. The average Bonchev–Trinajstić information content (AvgIpc) is 2.43. The van der Waals surface area contributed by atoms with E-state index >= 15 is 0 Å². The molecule has 2 aromatic carbocycles. The van der Waals surface area contributed by atoms with E-state index in [1.54, 1.807) is 4.90 Å². The Morgan fingerprint density at radius 1 is 1.24 bits per heavy atom. The van der Waals surface area contributed by atoms with Gasteiger partial charge in [0, 0.05) is 24.3 Å². The normalized spacial score (nSPS) is 10.4. The van der Waals surface area contributed by atoms with Crippen molar-refractivity contribution in [2.75, 3.05) is 12.3 Å². The number of carbonyl (C=O) groups is 1. The number of benzene rings is 2. The molecule has 0 atom stereocenters. The number of amides is 1. The summed E-state index contributed by atoms with van der Waals surface area (Å²) in [7, 11) is 0. The Morgan fingerprint density at radius 2 is 2.00 bits per heavy atom. The number of anilines is 1. The average molecular weight is 286 g/mol. The van der Waals surface area contributed by atoms with Gasteiger partial charge in [0.15, 0.2) is 0 Å². The summed E-state index contributed by atoms with van der Waals surface area (Å²) < 4.78 is 13.4. The third-order valence-electron chi connectivity index (χ3n) is 3.29. The van der Waals surface area contributed by atoms with Gasteiger partial charge in [0.25, 0.3) is 5.91 Å².